The van der Waals surface area contributed by atoms with Crippen LogP contribution in [0.15, 0.2) is 5.38 Å². The molecular weight excluding hydrogens is 212 g/mol. The zero-order valence-electron chi connectivity index (χ0n) is 8.86. The highest BCUT2D eigenvalue weighted by molar-refractivity contribution is 7.09. The van der Waals surface area contributed by atoms with Gasteiger partial charge in [-0.2, -0.15) is 0 Å². The van der Waals surface area contributed by atoms with Gasteiger partial charge < -0.3 is 14.8 Å². The van der Waals surface area contributed by atoms with Crippen LogP contribution in [-0.4, -0.2) is 30.8 Å². The zero-order valence-corrected chi connectivity index (χ0v) is 9.68. The maximum atomic E-state index is 5.58. The Morgan fingerprint density at radius 3 is 3.20 bits per heavy atom. The number of hydrogen-bond acceptors (Lipinski definition) is 5. The predicted octanol–water partition coefficient (Wildman–Crippen LogP) is 1.17. The van der Waals surface area contributed by atoms with E-state index in [-0.39, 0.29) is 6.10 Å². The standard InChI is InChI=1S/C10H16N2O2S/c1-2-11-3-10-12-8(7-15-10)4-14-9-5-13-6-9/h7,9,11H,2-6H2,1H3. The molecule has 0 bridgehead atoms. The predicted molar refractivity (Wildman–Crippen MR) is 58.9 cm³/mol. The Morgan fingerprint density at radius 1 is 1.67 bits per heavy atom. The molecule has 1 N–H and O–H groups in total. The molecule has 0 unspecified atom stereocenters. The first-order valence-corrected chi connectivity index (χ1v) is 6.09. The summed E-state index contributed by atoms with van der Waals surface area (Å²) in [7, 11) is 0. The Kier molecular flexibility index (Phi) is 4.08. The molecule has 0 spiro atoms. The average Bonchev–Trinajstić information content (AvgIpc) is 2.60. The number of ether oxygens (including phenoxy) is 2. The van der Waals surface area contributed by atoms with Gasteiger partial charge in [0.25, 0.3) is 0 Å². The second-order valence-corrected chi connectivity index (χ2v) is 4.43. The highest BCUT2D eigenvalue weighted by atomic mass is 32.1. The van der Waals surface area contributed by atoms with Crippen molar-refractivity contribution in [1.29, 1.82) is 0 Å². The summed E-state index contributed by atoms with van der Waals surface area (Å²) in [6.45, 7) is 5.99. The number of nitrogens with one attached hydrogen (secondary N) is 1. The molecule has 0 aliphatic carbocycles. The molecule has 0 radical (unpaired) electrons. The van der Waals surface area contributed by atoms with Crippen molar-refractivity contribution in [3.8, 4) is 0 Å². The SMILES string of the molecule is CCNCc1nc(COC2COC2)cs1. The molecule has 84 valence electrons. The minimum absolute atomic E-state index is 0.281. The fraction of sp³-hybridized carbons (Fsp3) is 0.700. The monoisotopic (exact) mass is 228 g/mol. The van der Waals surface area contributed by atoms with Crippen LogP contribution in [0.4, 0.5) is 0 Å². The molecule has 2 rings (SSSR count). The van der Waals surface area contributed by atoms with Crippen LogP contribution in [0.5, 0.6) is 0 Å². The van der Waals surface area contributed by atoms with Crippen LogP contribution in [0.1, 0.15) is 17.6 Å². The minimum atomic E-state index is 0.281. The third kappa shape index (κ3) is 3.24. The minimum Gasteiger partial charge on any atom is -0.376 e. The molecular formula is C10H16N2O2S. The van der Waals surface area contributed by atoms with Gasteiger partial charge in [-0.25, -0.2) is 4.98 Å². The third-order valence-electron chi connectivity index (χ3n) is 2.20. The van der Waals surface area contributed by atoms with E-state index in [2.05, 4.69) is 22.6 Å². The van der Waals surface area contributed by atoms with Gasteiger partial charge >= 0.3 is 0 Å². The van der Waals surface area contributed by atoms with Gasteiger partial charge in [-0.1, -0.05) is 6.92 Å². The topological polar surface area (TPSA) is 43.4 Å². The summed E-state index contributed by atoms with van der Waals surface area (Å²) in [4.78, 5) is 4.47. The highest BCUT2D eigenvalue weighted by Gasteiger charge is 2.18. The summed E-state index contributed by atoms with van der Waals surface area (Å²) in [6.07, 6.45) is 0.281. The van der Waals surface area contributed by atoms with Crippen LogP contribution in [0.3, 0.4) is 0 Å². The lowest BCUT2D eigenvalue weighted by molar-refractivity contribution is -0.135. The van der Waals surface area contributed by atoms with Crippen molar-refractivity contribution < 1.29 is 9.47 Å². The van der Waals surface area contributed by atoms with E-state index < -0.39 is 0 Å². The van der Waals surface area contributed by atoms with Crippen LogP contribution < -0.4 is 5.32 Å². The summed E-state index contributed by atoms with van der Waals surface area (Å²) < 4.78 is 10.6. The second kappa shape index (κ2) is 5.55. The third-order valence-corrected chi connectivity index (χ3v) is 3.10. The van der Waals surface area contributed by atoms with Gasteiger partial charge in [-0.15, -0.1) is 11.3 Å². The average molecular weight is 228 g/mol. The van der Waals surface area contributed by atoms with E-state index in [4.69, 9.17) is 9.47 Å². The van der Waals surface area contributed by atoms with Gasteiger partial charge in [-0.3, -0.25) is 0 Å². The highest BCUT2D eigenvalue weighted by Crippen LogP contribution is 2.13. The molecule has 1 saturated heterocycles. The van der Waals surface area contributed by atoms with Gasteiger partial charge in [0.1, 0.15) is 11.1 Å². The maximum Gasteiger partial charge on any atom is 0.107 e. The number of hydrogen-bond donors (Lipinski definition) is 1. The number of aromatic nitrogens is 1. The van der Waals surface area contributed by atoms with E-state index in [9.17, 15) is 0 Å². The summed E-state index contributed by atoms with van der Waals surface area (Å²) >= 11 is 1.68. The smallest absolute Gasteiger partial charge is 0.107 e. The maximum absolute atomic E-state index is 5.58. The first-order chi connectivity index (χ1) is 7.38. The number of rotatable bonds is 6. The first kappa shape index (κ1) is 11.0. The molecule has 0 atom stereocenters. The zero-order chi connectivity index (χ0) is 10.5. The molecule has 0 saturated carbocycles. The lowest BCUT2D eigenvalue weighted by Gasteiger charge is -2.25. The molecule has 15 heavy (non-hydrogen) atoms. The quantitative estimate of drug-likeness (QED) is 0.793. The Labute approximate surface area is 93.6 Å². The molecule has 0 aromatic carbocycles. The molecule has 1 aliphatic heterocycles. The van der Waals surface area contributed by atoms with Gasteiger partial charge in [-0.05, 0) is 6.54 Å². The molecule has 0 amide bonds. The van der Waals surface area contributed by atoms with E-state index in [0.717, 1.165) is 37.0 Å². The molecule has 1 fully saturated rings. The van der Waals surface area contributed by atoms with Crippen molar-refractivity contribution in [3.05, 3.63) is 16.1 Å². The fourth-order valence-corrected chi connectivity index (χ4v) is 1.99. The Bertz CT molecular complexity index is 299. The van der Waals surface area contributed by atoms with E-state index in [0.29, 0.717) is 6.61 Å². The van der Waals surface area contributed by atoms with Crippen molar-refractivity contribution >= 4 is 11.3 Å². The van der Waals surface area contributed by atoms with E-state index >= 15 is 0 Å². The van der Waals surface area contributed by atoms with Crippen molar-refractivity contribution in [1.82, 2.24) is 10.3 Å². The van der Waals surface area contributed by atoms with E-state index in [1.165, 1.54) is 0 Å². The van der Waals surface area contributed by atoms with Gasteiger partial charge in [0.05, 0.1) is 25.5 Å². The fourth-order valence-electron chi connectivity index (χ4n) is 1.24. The van der Waals surface area contributed by atoms with Gasteiger partial charge in [0, 0.05) is 11.9 Å². The van der Waals surface area contributed by atoms with Crippen LogP contribution in [-0.2, 0) is 22.6 Å². The summed E-state index contributed by atoms with van der Waals surface area (Å²) in [6, 6.07) is 0. The largest absolute Gasteiger partial charge is 0.376 e. The second-order valence-electron chi connectivity index (χ2n) is 3.48. The van der Waals surface area contributed by atoms with Crippen molar-refractivity contribution in [2.24, 2.45) is 0 Å². The summed E-state index contributed by atoms with van der Waals surface area (Å²) in [5.74, 6) is 0. The lowest BCUT2D eigenvalue weighted by atomic mass is 10.3. The van der Waals surface area contributed by atoms with Crippen LogP contribution in [0.25, 0.3) is 0 Å². The molecule has 4 nitrogen and oxygen atoms in total. The van der Waals surface area contributed by atoms with E-state index in [1.54, 1.807) is 11.3 Å². The number of nitrogens with zero attached hydrogens (tertiary/aromatic N) is 1. The van der Waals surface area contributed by atoms with Gasteiger partial charge in [0.15, 0.2) is 0 Å². The van der Waals surface area contributed by atoms with Crippen LogP contribution in [0, 0.1) is 0 Å². The molecule has 5 heteroatoms. The Balaban J connectivity index is 1.73. The molecule has 1 aliphatic rings. The molecule has 1 aromatic rings. The van der Waals surface area contributed by atoms with Crippen molar-refractivity contribution in [3.63, 3.8) is 0 Å². The van der Waals surface area contributed by atoms with Crippen LogP contribution in [0.2, 0.25) is 0 Å². The van der Waals surface area contributed by atoms with Crippen LogP contribution >= 0.6 is 11.3 Å². The normalized spacial score (nSPS) is 16.6. The van der Waals surface area contributed by atoms with Gasteiger partial charge in [0.2, 0.25) is 0 Å². The summed E-state index contributed by atoms with van der Waals surface area (Å²) in [5, 5.41) is 6.44. The molecule has 1 aromatic heterocycles. The Morgan fingerprint density at radius 2 is 2.53 bits per heavy atom. The number of thiazole rings is 1. The van der Waals surface area contributed by atoms with Crippen molar-refractivity contribution in [2.75, 3.05) is 19.8 Å². The molecule has 2 heterocycles. The van der Waals surface area contributed by atoms with Crippen molar-refractivity contribution in [2.45, 2.75) is 26.2 Å². The summed E-state index contributed by atoms with van der Waals surface area (Å²) in [5.41, 5.74) is 1.03. The van der Waals surface area contributed by atoms with E-state index in [1.807, 2.05) is 0 Å². The first-order valence-electron chi connectivity index (χ1n) is 5.22. The lowest BCUT2D eigenvalue weighted by Crippen LogP contribution is -2.35. The Hall–Kier alpha value is -0.490.